The van der Waals surface area contributed by atoms with Gasteiger partial charge in [-0.15, -0.1) is 0 Å². The van der Waals surface area contributed by atoms with E-state index in [0.29, 0.717) is 24.7 Å². The molecule has 3 rings (SSSR count). The predicted molar refractivity (Wildman–Crippen MR) is 72.8 cm³/mol. The maximum Gasteiger partial charge on any atom is 0.124 e. The summed E-state index contributed by atoms with van der Waals surface area (Å²) in [6.07, 6.45) is 4.10. The van der Waals surface area contributed by atoms with Crippen molar-refractivity contribution in [3.8, 4) is 0 Å². The Hall–Kier alpha value is -1.73. The molecule has 1 fully saturated rings. The van der Waals surface area contributed by atoms with Crippen LogP contribution in [0.5, 0.6) is 0 Å². The van der Waals surface area contributed by atoms with Gasteiger partial charge in [0.2, 0.25) is 0 Å². The van der Waals surface area contributed by atoms with Gasteiger partial charge < -0.3 is 5.11 Å². The molecule has 0 amide bonds. The molecule has 2 N–H and O–H groups in total. The molecule has 1 atom stereocenters. The van der Waals surface area contributed by atoms with Gasteiger partial charge >= 0.3 is 0 Å². The summed E-state index contributed by atoms with van der Waals surface area (Å²) < 4.78 is 2.02. The van der Waals surface area contributed by atoms with Gasteiger partial charge in [-0.25, -0.2) is 0 Å². The predicted octanol–water partition coefficient (Wildman–Crippen LogP) is 0.676. The lowest BCUT2D eigenvalue weighted by Crippen LogP contribution is -2.31. The first kappa shape index (κ1) is 13.3. The number of β-amino-alcohol motifs (C(OH)–C–C–N with tert-alkyl or cyclic N) is 1. The number of nitrogens with zero attached hydrogens (tertiary/aromatic N) is 5. The molecule has 1 unspecified atom stereocenters. The van der Waals surface area contributed by atoms with E-state index >= 15 is 0 Å². The highest BCUT2D eigenvalue weighted by Crippen LogP contribution is 2.31. The van der Waals surface area contributed by atoms with Crippen molar-refractivity contribution >= 4 is 0 Å². The van der Waals surface area contributed by atoms with Gasteiger partial charge in [-0.1, -0.05) is 0 Å². The van der Waals surface area contributed by atoms with Crippen molar-refractivity contribution in [3.63, 3.8) is 0 Å². The lowest BCUT2D eigenvalue weighted by molar-refractivity contribution is 0.0405. The number of H-pyrrole nitrogens is 1. The van der Waals surface area contributed by atoms with Gasteiger partial charge in [-0.3, -0.25) is 9.58 Å². The smallest absolute Gasteiger partial charge is 0.124 e. The molecule has 0 radical (unpaired) electrons. The molecule has 7 heteroatoms. The number of aromatic amines is 1. The molecule has 2 aromatic heterocycles. The number of rotatable bonds is 4. The molecule has 0 bridgehead atoms. The number of likely N-dealkylation sites (tertiary alicyclic amines) is 1. The third kappa shape index (κ3) is 2.34. The minimum Gasteiger partial charge on any atom is -0.382 e. The average molecular weight is 276 g/mol. The molecule has 0 spiro atoms. The molecular formula is C13H20N6O. The van der Waals surface area contributed by atoms with E-state index < -0.39 is 5.60 Å². The lowest BCUT2D eigenvalue weighted by Gasteiger charge is -2.21. The van der Waals surface area contributed by atoms with E-state index in [1.54, 1.807) is 6.20 Å². The molecule has 2 aromatic rings. The first-order valence-corrected chi connectivity index (χ1v) is 6.92. The first-order chi connectivity index (χ1) is 9.58. The zero-order valence-electron chi connectivity index (χ0n) is 11.8. The first-order valence-electron chi connectivity index (χ1n) is 6.92. The normalized spacial score (nSPS) is 23.8. The minimum atomic E-state index is -0.893. The Balaban J connectivity index is 1.70. The van der Waals surface area contributed by atoms with E-state index in [1.807, 2.05) is 16.9 Å². The van der Waals surface area contributed by atoms with Crippen LogP contribution in [-0.2, 0) is 12.1 Å². The number of hydrogen-bond donors (Lipinski definition) is 2. The molecule has 3 heterocycles. The van der Waals surface area contributed by atoms with Crippen LogP contribution in [0.4, 0.5) is 0 Å². The third-order valence-corrected chi connectivity index (χ3v) is 3.85. The van der Waals surface area contributed by atoms with Crippen molar-refractivity contribution in [2.45, 2.75) is 38.5 Å². The quantitative estimate of drug-likeness (QED) is 0.858. The molecule has 1 aliphatic rings. The standard InChI is InChI=1S/C13H20N6O/c1-10(2)19-11(3-5-15-19)8-18-6-4-13(20,9-18)12-7-14-17-16-12/h3,5,7,10,20H,4,6,8-9H2,1-2H3,(H,14,16,17). The van der Waals surface area contributed by atoms with Crippen LogP contribution < -0.4 is 0 Å². The molecule has 0 saturated carbocycles. The Bertz CT molecular complexity index is 563. The van der Waals surface area contributed by atoms with Gasteiger partial charge in [0, 0.05) is 31.9 Å². The SMILES string of the molecule is CC(C)n1nccc1CN1CCC(O)(c2cn[nH]n2)C1. The molecule has 0 aliphatic carbocycles. The number of nitrogens with one attached hydrogen (secondary N) is 1. The number of hydrogen-bond acceptors (Lipinski definition) is 5. The van der Waals surface area contributed by atoms with E-state index in [0.717, 1.165) is 13.1 Å². The van der Waals surface area contributed by atoms with Gasteiger partial charge in [0.25, 0.3) is 0 Å². The summed E-state index contributed by atoms with van der Waals surface area (Å²) in [6.45, 7) is 6.44. The average Bonchev–Trinajstić information content (AvgIpc) is 3.10. The van der Waals surface area contributed by atoms with Crippen LogP contribution in [0.3, 0.4) is 0 Å². The fourth-order valence-corrected chi connectivity index (χ4v) is 2.80. The summed E-state index contributed by atoms with van der Waals surface area (Å²) in [5.41, 5.74) is 0.900. The third-order valence-electron chi connectivity index (χ3n) is 3.85. The second kappa shape index (κ2) is 4.99. The van der Waals surface area contributed by atoms with Crippen molar-refractivity contribution < 1.29 is 5.11 Å². The van der Waals surface area contributed by atoms with E-state index in [-0.39, 0.29) is 0 Å². The Morgan fingerprint density at radius 3 is 3.05 bits per heavy atom. The van der Waals surface area contributed by atoms with Crippen LogP contribution in [0.25, 0.3) is 0 Å². The lowest BCUT2D eigenvalue weighted by atomic mass is 10.0. The van der Waals surface area contributed by atoms with E-state index in [2.05, 4.69) is 39.3 Å². The molecule has 108 valence electrons. The van der Waals surface area contributed by atoms with E-state index in [1.165, 1.54) is 5.69 Å². The van der Waals surface area contributed by atoms with Gasteiger partial charge in [0.15, 0.2) is 0 Å². The topological polar surface area (TPSA) is 82.9 Å². The van der Waals surface area contributed by atoms with Crippen LogP contribution in [0.1, 0.15) is 37.7 Å². The Labute approximate surface area is 117 Å². The van der Waals surface area contributed by atoms with Crippen molar-refractivity contribution in [1.29, 1.82) is 0 Å². The molecule has 7 nitrogen and oxygen atoms in total. The van der Waals surface area contributed by atoms with Crippen LogP contribution in [0.15, 0.2) is 18.5 Å². The van der Waals surface area contributed by atoms with Gasteiger partial charge in [0.05, 0.1) is 11.9 Å². The largest absolute Gasteiger partial charge is 0.382 e. The fraction of sp³-hybridized carbons (Fsp3) is 0.615. The molecule has 1 aliphatic heterocycles. The highest BCUT2D eigenvalue weighted by atomic mass is 16.3. The second-order valence-corrected chi connectivity index (χ2v) is 5.71. The Morgan fingerprint density at radius 2 is 2.35 bits per heavy atom. The summed E-state index contributed by atoms with van der Waals surface area (Å²) in [5, 5.41) is 25.3. The highest BCUT2D eigenvalue weighted by molar-refractivity contribution is 5.11. The highest BCUT2D eigenvalue weighted by Gasteiger charge is 2.39. The Morgan fingerprint density at radius 1 is 1.50 bits per heavy atom. The maximum absolute atomic E-state index is 10.6. The Kier molecular flexibility index (Phi) is 3.31. The van der Waals surface area contributed by atoms with Gasteiger partial charge in [-0.2, -0.15) is 20.5 Å². The second-order valence-electron chi connectivity index (χ2n) is 5.71. The minimum absolute atomic E-state index is 0.344. The zero-order chi connectivity index (χ0) is 14.2. The molecule has 1 saturated heterocycles. The number of aromatic nitrogens is 5. The van der Waals surface area contributed by atoms with Crippen LogP contribution in [0, 0.1) is 0 Å². The van der Waals surface area contributed by atoms with Crippen molar-refractivity contribution in [2.24, 2.45) is 0 Å². The van der Waals surface area contributed by atoms with Crippen molar-refractivity contribution in [2.75, 3.05) is 13.1 Å². The summed E-state index contributed by atoms with van der Waals surface area (Å²) in [7, 11) is 0. The maximum atomic E-state index is 10.6. The zero-order valence-corrected chi connectivity index (χ0v) is 11.8. The van der Waals surface area contributed by atoms with Crippen LogP contribution >= 0.6 is 0 Å². The fourth-order valence-electron chi connectivity index (χ4n) is 2.80. The summed E-state index contributed by atoms with van der Waals surface area (Å²) in [4.78, 5) is 2.23. The van der Waals surface area contributed by atoms with Crippen molar-refractivity contribution in [1.82, 2.24) is 30.1 Å². The number of aliphatic hydroxyl groups is 1. The molecule has 20 heavy (non-hydrogen) atoms. The summed E-state index contributed by atoms with van der Waals surface area (Å²) in [5.74, 6) is 0. The van der Waals surface area contributed by atoms with Crippen LogP contribution in [0.2, 0.25) is 0 Å². The van der Waals surface area contributed by atoms with Crippen LogP contribution in [-0.4, -0.2) is 48.3 Å². The molecular weight excluding hydrogens is 256 g/mol. The molecule has 0 aromatic carbocycles. The summed E-state index contributed by atoms with van der Waals surface area (Å²) >= 11 is 0. The van der Waals surface area contributed by atoms with Gasteiger partial charge in [0.1, 0.15) is 11.3 Å². The van der Waals surface area contributed by atoms with E-state index in [4.69, 9.17) is 0 Å². The monoisotopic (exact) mass is 276 g/mol. The van der Waals surface area contributed by atoms with Crippen molar-refractivity contribution in [3.05, 3.63) is 29.8 Å². The van der Waals surface area contributed by atoms with E-state index in [9.17, 15) is 5.11 Å². The summed E-state index contributed by atoms with van der Waals surface area (Å²) in [6, 6.07) is 2.38. The van der Waals surface area contributed by atoms with Gasteiger partial charge in [-0.05, 0) is 26.3 Å².